The van der Waals surface area contributed by atoms with Crippen LogP contribution >= 0.6 is 15.9 Å². The number of aromatic amines is 1. The highest BCUT2D eigenvalue weighted by atomic mass is 79.9. The van der Waals surface area contributed by atoms with Crippen molar-refractivity contribution in [3.05, 3.63) is 51.8 Å². The molecule has 17 heavy (non-hydrogen) atoms. The standard InChI is InChI=1S/C13H14BrN3/c14-11-2-3-12-10(5-11)1-4-13(12)15-6-9-7-16-17-8-9/h2-3,5,7-8,13,15H,1,4,6H2,(H,16,17). The van der Waals surface area contributed by atoms with E-state index >= 15 is 0 Å². The maximum Gasteiger partial charge on any atom is 0.0532 e. The second-order valence-corrected chi connectivity index (χ2v) is 5.34. The number of rotatable bonds is 3. The van der Waals surface area contributed by atoms with Gasteiger partial charge in [0.15, 0.2) is 0 Å². The molecule has 3 rings (SSSR count). The zero-order valence-electron chi connectivity index (χ0n) is 9.41. The minimum atomic E-state index is 0.480. The number of hydrogen-bond donors (Lipinski definition) is 2. The van der Waals surface area contributed by atoms with Crippen molar-refractivity contribution in [3.8, 4) is 0 Å². The number of aryl methyl sites for hydroxylation is 1. The van der Waals surface area contributed by atoms with E-state index in [9.17, 15) is 0 Å². The molecule has 0 saturated carbocycles. The summed E-state index contributed by atoms with van der Waals surface area (Å²) in [6, 6.07) is 7.05. The Labute approximate surface area is 109 Å². The molecule has 1 unspecified atom stereocenters. The molecule has 0 saturated heterocycles. The molecule has 1 aliphatic carbocycles. The highest BCUT2D eigenvalue weighted by Crippen LogP contribution is 2.32. The van der Waals surface area contributed by atoms with E-state index in [1.165, 1.54) is 27.6 Å². The van der Waals surface area contributed by atoms with E-state index in [1.807, 2.05) is 12.4 Å². The second-order valence-electron chi connectivity index (χ2n) is 4.42. The van der Waals surface area contributed by atoms with Gasteiger partial charge < -0.3 is 5.32 Å². The molecule has 0 amide bonds. The first-order chi connectivity index (χ1) is 8.33. The molecule has 1 aromatic carbocycles. The van der Waals surface area contributed by atoms with Gasteiger partial charge in [-0.05, 0) is 36.1 Å². The van der Waals surface area contributed by atoms with Crippen molar-refractivity contribution in [3.63, 3.8) is 0 Å². The van der Waals surface area contributed by atoms with Crippen LogP contribution < -0.4 is 5.32 Å². The molecule has 1 aromatic heterocycles. The summed E-state index contributed by atoms with van der Waals surface area (Å²) < 4.78 is 1.17. The van der Waals surface area contributed by atoms with Crippen molar-refractivity contribution < 1.29 is 0 Å². The maximum absolute atomic E-state index is 3.95. The van der Waals surface area contributed by atoms with E-state index in [0.717, 1.165) is 13.0 Å². The summed E-state index contributed by atoms with van der Waals surface area (Å²) in [5, 5.41) is 10.4. The van der Waals surface area contributed by atoms with Crippen molar-refractivity contribution >= 4 is 15.9 Å². The molecule has 0 spiro atoms. The lowest BCUT2D eigenvalue weighted by Crippen LogP contribution is -2.18. The van der Waals surface area contributed by atoms with Gasteiger partial charge in [-0.1, -0.05) is 22.0 Å². The van der Waals surface area contributed by atoms with Crippen molar-refractivity contribution in [2.75, 3.05) is 0 Å². The number of nitrogens with one attached hydrogen (secondary N) is 2. The normalized spacial score (nSPS) is 18.3. The molecule has 4 heteroatoms. The zero-order chi connectivity index (χ0) is 11.7. The summed E-state index contributed by atoms with van der Waals surface area (Å²) in [7, 11) is 0. The monoisotopic (exact) mass is 291 g/mol. The van der Waals surface area contributed by atoms with E-state index < -0.39 is 0 Å². The maximum atomic E-state index is 3.95. The van der Waals surface area contributed by atoms with Crippen LogP contribution in [0.5, 0.6) is 0 Å². The summed E-state index contributed by atoms with van der Waals surface area (Å²) in [5.41, 5.74) is 4.11. The Morgan fingerprint density at radius 2 is 2.41 bits per heavy atom. The van der Waals surface area contributed by atoms with Crippen LogP contribution in [0.4, 0.5) is 0 Å². The fourth-order valence-electron chi connectivity index (χ4n) is 2.41. The van der Waals surface area contributed by atoms with Crippen LogP contribution in [-0.2, 0) is 13.0 Å². The summed E-state index contributed by atoms with van der Waals surface area (Å²) in [6.07, 6.45) is 6.15. The first-order valence-corrected chi connectivity index (χ1v) is 6.61. The van der Waals surface area contributed by atoms with Gasteiger partial charge in [0.1, 0.15) is 0 Å². The van der Waals surface area contributed by atoms with Gasteiger partial charge in [-0.3, -0.25) is 5.10 Å². The SMILES string of the molecule is Brc1ccc2c(c1)CCC2NCc1cn[nH]c1. The van der Waals surface area contributed by atoms with Crippen molar-refractivity contribution in [1.82, 2.24) is 15.5 Å². The Balaban J connectivity index is 1.71. The first kappa shape index (κ1) is 11.0. The average molecular weight is 292 g/mol. The summed E-state index contributed by atoms with van der Waals surface area (Å²) >= 11 is 3.52. The minimum absolute atomic E-state index is 0.480. The summed E-state index contributed by atoms with van der Waals surface area (Å²) in [4.78, 5) is 0. The molecule has 0 aliphatic heterocycles. The number of aromatic nitrogens is 2. The van der Waals surface area contributed by atoms with Crippen LogP contribution in [0.1, 0.15) is 29.2 Å². The van der Waals surface area contributed by atoms with Crippen LogP contribution in [-0.4, -0.2) is 10.2 Å². The molecule has 88 valence electrons. The quantitative estimate of drug-likeness (QED) is 0.913. The Hall–Kier alpha value is -1.13. The number of fused-ring (bicyclic) bond motifs is 1. The molecule has 0 radical (unpaired) electrons. The molecule has 2 aromatic rings. The Morgan fingerprint density at radius 3 is 3.24 bits per heavy atom. The number of hydrogen-bond acceptors (Lipinski definition) is 2. The lowest BCUT2D eigenvalue weighted by Gasteiger charge is -2.13. The van der Waals surface area contributed by atoms with Gasteiger partial charge >= 0.3 is 0 Å². The van der Waals surface area contributed by atoms with Gasteiger partial charge in [-0.25, -0.2) is 0 Å². The number of benzene rings is 1. The molecule has 3 nitrogen and oxygen atoms in total. The minimum Gasteiger partial charge on any atom is -0.306 e. The highest BCUT2D eigenvalue weighted by Gasteiger charge is 2.21. The zero-order valence-corrected chi connectivity index (χ0v) is 11.0. The molecule has 2 N–H and O–H groups in total. The molecule has 1 heterocycles. The van der Waals surface area contributed by atoms with Crippen LogP contribution in [0.3, 0.4) is 0 Å². The van der Waals surface area contributed by atoms with Crippen molar-refractivity contribution in [2.24, 2.45) is 0 Å². The van der Waals surface area contributed by atoms with Crippen LogP contribution in [0.25, 0.3) is 0 Å². The summed E-state index contributed by atoms with van der Waals surface area (Å²) in [5.74, 6) is 0. The van der Waals surface area contributed by atoms with E-state index in [1.54, 1.807) is 0 Å². The van der Waals surface area contributed by atoms with Crippen LogP contribution in [0.2, 0.25) is 0 Å². The second kappa shape index (κ2) is 4.63. The number of nitrogens with zero attached hydrogens (tertiary/aromatic N) is 1. The predicted octanol–water partition coefficient (Wildman–Crippen LogP) is 2.95. The Morgan fingerprint density at radius 1 is 1.47 bits per heavy atom. The predicted molar refractivity (Wildman–Crippen MR) is 70.6 cm³/mol. The van der Waals surface area contributed by atoms with E-state index in [-0.39, 0.29) is 0 Å². The van der Waals surface area contributed by atoms with Gasteiger partial charge in [0.25, 0.3) is 0 Å². The Bertz CT molecular complexity index is 507. The van der Waals surface area contributed by atoms with Gasteiger partial charge in [0.2, 0.25) is 0 Å². The van der Waals surface area contributed by atoms with Gasteiger partial charge in [0, 0.05) is 28.8 Å². The van der Waals surface area contributed by atoms with Gasteiger partial charge in [-0.15, -0.1) is 0 Å². The topological polar surface area (TPSA) is 40.7 Å². The third-order valence-electron chi connectivity index (χ3n) is 3.29. The largest absolute Gasteiger partial charge is 0.306 e. The number of H-pyrrole nitrogens is 1. The number of halogens is 1. The molecule has 0 fully saturated rings. The smallest absolute Gasteiger partial charge is 0.0532 e. The van der Waals surface area contributed by atoms with Crippen LogP contribution in [0, 0.1) is 0 Å². The van der Waals surface area contributed by atoms with Crippen LogP contribution in [0.15, 0.2) is 35.1 Å². The fraction of sp³-hybridized carbons (Fsp3) is 0.308. The fourth-order valence-corrected chi connectivity index (χ4v) is 2.82. The molecule has 1 aliphatic rings. The van der Waals surface area contributed by atoms with Crippen molar-refractivity contribution in [1.29, 1.82) is 0 Å². The molecule has 1 atom stereocenters. The third kappa shape index (κ3) is 2.28. The lowest BCUT2D eigenvalue weighted by atomic mass is 10.1. The average Bonchev–Trinajstić information content (AvgIpc) is 2.94. The van der Waals surface area contributed by atoms with Gasteiger partial charge in [-0.2, -0.15) is 5.10 Å². The molecular formula is C13H14BrN3. The summed E-state index contributed by atoms with van der Waals surface area (Å²) in [6.45, 7) is 0.872. The van der Waals surface area contributed by atoms with Crippen molar-refractivity contribution in [2.45, 2.75) is 25.4 Å². The Kier molecular flexibility index (Phi) is 2.99. The highest BCUT2D eigenvalue weighted by molar-refractivity contribution is 9.10. The first-order valence-electron chi connectivity index (χ1n) is 5.82. The molecule has 0 bridgehead atoms. The third-order valence-corrected chi connectivity index (χ3v) is 3.78. The van der Waals surface area contributed by atoms with Gasteiger partial charge in [0.05, 0.1) is 6.20 Å². The lowest BCUT2D eigenvalue weighted by molar-refractivity contribution is 0.530. The van der Waals surface area contributed by atoms with E-state index in [0.29, 0.717) is 6.04 Å². The van der Waals surface area contributed by atoms with E-state index in [4.69, 9.17) is 0 Å². The van der Waals surface area contributed by atoms with E-state index in [2.05, 4.69) is 49.6 Å². The molecular weight excluding hydrogens is 278 g/mol.